The molecule has 9 rings (SSSR count). The second kappa shape index (κ2) is 14.3. The van der Waals surface area contributed by atoms with Crippen LogP contribution < -0.4 is 20.8 Å². The van der Waals surface area contributed by atoms with Crippen LogP contribution >= 0.6 is 0 Å². The van der Waals surface area contributed by atoms with Gasteiger partial charge in [0.2, 0.25) is 17.7 Å². The molecule has 4 aliphatic rings. The second-order valence-electron chi connectivity index (χ2n) is 17.7. The van der Waals surface area contributed by atoms with Crippen molar-refractivity contribution in [3.8, 4) is 11.4 Å². The number of imidazole rings is 1. The van der Waals surface area contributed by atoms with Gasteiger partial charge in [0.05, 0.1) is 22.8 Å². The fraction of sp³-hybridized carbons (Fsp3) is 0.512. The molecule has 3 N–H and O–H groups in total. The van der Waals surface area contributed by atoms with Gasteiger partial charge in [-0.3, -0.25) is 38.8 Å². The molecule has 5 aromatic rings. The molecule has 57 heavy (non-hydrogen) atoms. The zero-order chi connectivity index (χ0) is 39.7. The molecule has 3 aromatic heterocycles. The van der Waals surface area contributed by atoms with Crippen molar-refractivity contribution in [2.75, 3.05) is 62.7 Å². The predicted octanol–water partition coefficient (Wildman–Crippen LogP) is 4.20. The summed E-state index contributed by atoms with van der Waals surface area (Å²) in [5.74, 6) is -0.111. The van der Waals surface area contributed by atoms with Crippen LogP contribution in [0, 0.1) is 11.3 Å². The van der Waals surface area contributed by atoms with E-state index in [4.69, 9.17) is 5.10 Å². The van der Waals surface area contributed by atoms with Gasteiger partial charge in [0.25, 0.3) is 0 Å². The van der Waals surface area contributed by atoms with E-state index in [-0.39, 0.29) is 35.4 Å². The Balaban J connectivity index is 0.788. The number of H-pyrrole nitrogens is 2. The Bertz CT molecular complexity index is 2450. The fourth-order valence-corrected chi connectivity index (χ4v) is 9.78. The third-order valence-corrected chi connectivity index (χ3v) is 13.3. The first kappa shape index (κ1) is 37.4. The van der Waals surface area contributed by atoms with E-state index >= 15 is 0 Å². The third-order valence-electron chi connectivity index (χ3n) is 13.3. The van der Waals surface area contributed by atoms with E-state index in [1.165, 1.54) is 15.8 Å². The minimum absolute atomic E-state index is 0.0897. The number of aromatic nitrogens is 5. The molecule has 300 valence electrons. The summed E-state index contributed by atoms with van der Waals surface area (Å²) < 4.78 is 3.13. The minimum atomic E-state index is -0.690. The molecule has 0 radical (unpaired) electrons. The fourth-order valence-electron chi connectivity index (χ4n) is 9.78. The van der Waals surface area contributed by atoms with Crippen LogP contribution in [0.15, 0.2) is 47.3 Å². The SMILES string of the molecule is CC(C(=O)N(C)c1ccc2cc(-c3n[nH]c4c3CCC(C)(C)C4)[nH]c2c1)N1CCN(C[C@H]2CCN(c3ccc4c(c3)n(C)c(=O)n4C3CCC(=O)NC3=O)C2)CC1. The number of benzene rings is 2. The van der Waals surface area contributed by atoms with E-state index in [0.717, 1.165) is 111 Å². The summed E-state index contributed by atoms with van der Waals surface area (Å²) in [5.41, 5.74) is 9.04. The van der Waals surface area contributed by atoms with Gasteiger partial charge in [-0.1, -0.05) is 19.9 Å². The van der Waals surface area contributed by atoms with E-state index in [1.807, 2.05) is 32.2 Å². The molecular formula is C43H54N10O4. The molecule has 0 saturated carbocycles. The zero-order valence-corrected chi connectivity index (χ0v) is 33.7. The molecule has 14 heteroatoms. The monoisotopic (exact) mass is 774 g/mol. The second-order valence-corrected chi connectivity index (χ2v) is 17.7. The van der Waals surface area contributed by atoms with Gasteiger partial charge in [0, 0.05) is 99.9 Å². The molecule has 3 amide bonds. The first-order valence-corrected chi connectivity index (χ1v) is 20.6. The number of amides is 3. The number of nitrogens with zero attached hydrogens (tertiary/aromatic N) is 7. The minimum Gasteiger partial charge on any atom is -0.371 e. The van der Waals surface area contributed by atoms with Gasteiger partial charge in [-0.15, -0.1) is 0 Å². The number of piperazine rings is 1. The summed E-state index contributed by atoms with van der Waals surface area (Å²) in [7, 11) is 3.62. The van der Waals surface area contributed by atoms with E-state index in [2.05, 4.69) is 68.2 Å². The maximum Gasteiger partial charge on any atom is 0.329 e. The van der Waals surface area contributed by atoms with Crippen LogP contribution in [0.3, 0.4) is 0 Å². The smallest absolute Gasteiger partial charge is 0.329 e. The van der Waals surface area contributed by atoms with E-state index in [0.29, 0.717) is 17.9 Å². The van der Waals surface area contributed by atoms with Gasteiger partial charge in [-0.2, -0.15) is 5.10 Å². The molecule has 0 spiro atoms. The topological polar surface area (TPSA) is 148 Å². The van der Waals surface area contributed by atoms with Crippen molar-refractivity contribution in [2.45, 2.75) is 71.4 Å². The maximum atomic E-state index is 13.8. The van der Waals surface area contributed by atoms with Gasteiger partial charge in [-0.25, -0.2) is 4.79 Å². The van der Waals surface area contributed by atoms with Crippen molar-refractivity contribution in [1.82, 2.24) is 39.4 Å². The summed E-state index contributed by atoms with van der Waals surface area (Å²) in [5, 5.41) is 11.5. The first-order chi connectivity index (χ1) is 27.3. The van der Waals surface area contributed by atoms with E-state index in [9.17, 15) is 19.2 Å². The largest absolute Gasteiger partial charge is 0.371 e. The number of aryl methyl sites for hydroxylation is 1. The maximum absolute atomic E-state index is 13.8. The molecular weight excluding hydrogens is 721 g/mol. The number of hydrogen-bond donors (Lipinski definition) is 3. The molecule has 0 bridgehead atoms. The lowest BCUT2D eigenvalue weighted by Gasteiger charge is -2.39. The molecule has 2 unspecified atom stereocenters. The number of carbonyl (C=O) groups excluding carboxylic acids is 3. The number of imide groups is 1. The summed E-state index contributed by atoms with van der Waals surface area (Å²) in [6.45, 7) is 13.1. The summed E-state index contributed by atoms with van der Waals surface area (Å²) >= 11 is 0. The van der Waals surface area contributed by atoms with Crippen LogP contribution in [-0.2, 0) is 34.3 Å². The molecule has 6 heterocycles. The Kier molecular flexibility index (Phi) is 9.38. The molecule has 1 aliphatic carbocycles. The van der Waals surface area contributed by atoms with Gasteiger partial charge < -0.3 is 19.7 Å². The number of carbonyl (C=O) groups is 3. The lowest BCUT2D eigenvalue weighted by molar-refractivity contribution is -0.135. The van der Waals surface area contributed by atoms with Crippen LogP contribution in [0.2, 0.25) is 0 Å². The lowest BCUT2D eigenvalue weighted by atomic mass is 9.76. The summed E-state index contributed by atoms with van der Waals surface area (Å²) in [6.07, 6.45) is 4.81. The van der Waals surface area contributed by atoms with Gasteiger partial charge >= 0.3 is 5.69 Å². The number of nitrogens with one attached hydrogen (secondary N) is 3. The molecule has 3 saturated heterocycles. The third kappa shape index (κ3) is 6.86. The highest BCUT2D eigenvalue weighted by Gasteiger charge is 2.34. The van der Waals surface area contributed by atoms with E-state index in [1.54, 1.807) is 16.5 Å². The molecule has 3 aliphatic heterocycles. The first-order valence-electron chi connectivity index (χ1n) is 20.6. The number of rotatable bonds is 8. The van der Waals surface area contributed by atoms with Crippen molar-refractivity contribution in [1.29, 1.82) is 0 Å². The Labute approximate surface area is 332 Å². The van der Waals surface area contributed by atoms with Crippen LogP contribution in [0.4, 0.5) is 11.4 Å². The van der Waals surface area contributed by atoms with Crippen molar-refractivity contribution in [2.24, 2.45) is 18.4 Å². The number of likely N-dealkylation sites (N-methyl/N-ethyl adjacent to an activating group) is 1. The Hall–Kier alpha value is -5.21. The van der Waals surface area contributed by atoms with Gasteiger partial charge in [-0.05, 0) is 86.8 Å². The average Bonchev–Trinajstić information content (AvgIpc) is 3.99. The molecule has 14 nitrogen and oxygen atoms in total. The van der Waals surface area contributed by atoms with Crippen molar-refractivity contribution in [3.63, 3.8) is 0 Å². The predicted molar refractivity (Wildman–Crippen MR) is 221 cm³/mol. The van der Waals surface area contributed by atoms with Crippen LogP contribution in [0.5, 0.6) is 0 Å². The van der Waals surface area contributed by atoms with E-state index < -0.39 is 11.9 Å². The normalized spacial score (nSPS) is 22.3. The summed E-state index contributed by atoms with van der Waals surface area (Å²) in [4.78, 5) is 64.1. The zero-order valence-electron chi connectivity index (χ0n) is 33.7. The standard InChI is InChI=1S/C43H54N10O4/c1-26(41(56)48(4)29-7-6-28-20-33(44-32(28)21-29)39-31-12-14-43(2,3)23-34(31)46-47-39)51-18-16-50(17-19-51)24-27-13-15-52(25-27)30-8-9-35-37(22-30)49(5)42(57)53(35)36-10-11-38(54)45-40(36)55/h6-9,20-22,26-27,36,44H,10-19,23-25H2,1-5H3,(H,46,47)(H,45,54,55)/t26?,27-,36?/m1/s1. The highest BCUT2D eigenvalue weighted by molar-refractivity contribution is 6.00. The lowest BCUT2D eigenvalue weighted by Crippen LogP contribution is -2.54. The Morgan fingerprint density at radius 3 is 2.58 bits per heavy atom. The number of aromatic amines is 2. The van der Waals surface area contributed by atoms with Crippen LogP contribution in [-0.4, -0.2) is 111 Å². The van der Waals surface area contributed by atoms with Crippen molar-refractivity contribution < 1.29 is 14.4 Å². The average molecular weight is 775 g/mol. The highest BCUT2D eigenvalue weighted by atomic mass is 16.2. The van der Waals surface area contributed by atoms with Crippen LogP contribution in [0.25, 0.3) is 33.3 Å². The molecule has 2 aromatic carbocycles. The van der Waals surface area contributed by atoms with Gasteiger partial charge in [0.1, 0.15) is 11.7 Å². The quantitative estimate of drug-likeness (QED) is 0.199. The Morgan fingerprint density at radius 1 is 0.982 bits per heavy atom. The number of hydrogen-bond acceptors (Lipinski definition) is 8. The van der Waals surface area contributed by atoms with Crippen molar-refractivity contribution >= 4 is 51.0 Å². The highest BCUT2D eigenvalue weighted by Crippen LogP contribution is 2.38. The van der Waals surface area contributed by atoms with Crippen LogP contribution in [0.1, 0.15) is 63.8 Å². The number of piperidine rings is 1. The summed E-state index contributed by atoms with van der Waals surface area (Å²) in [6, 6.07) is 13.5. The van der Waals surface area contributed by atoms with Gasteiger partial charge in [0.15, 0.2) is 0 Å². The molecule has 3 atom stereocenters. The number of anilines is 2. The van der Waals surface area contributed by atoms with Crippen molar-refractivity contribution in [3.05, 3.63) is 64.2 Å². The molecule has 3 fully saturated rings. The Morgan fingerprint density at radius 2 is 1.79 bits per heavy atom. The number of fused-ring (bicyclic) bond motifs is 3.